The highest BCUT2D eigenvalue weighted by Gasteiger charge is 2.41. The Hall–Kier alpha value is -0.780. The molecule has 2 aliphatic rings. The van der Waals surface area contributed by atoms with Gasteiger partial charge >= 0.3 is 0 Å². The Bertz CT molecular complexity index is 583. The number of benzene rings is 1. The van der Waals surface area contributed by atoms with Crippen molar-refractivity contribution < 1.29 is 8.42 Å². The van der Waals surface area contributed by atoms with Crippen molar-refractivity contribution in [2.75, 3.05) is 5.32 Å². The van der Waals surface area contributed by atoms with Crippen molar-refractivity contribution in [1.29, 1.82) is 0 Å². The lowest BCUT2D eigenvalue weighted by Crippen LogP contribution is -2.24. The molecule has 0 atom stereocenters. The molecule has 2 saturated carbocycles. The monoisotopic (exact) mass is 300 g/mol. The van der Waals surface area contributed by atoms with Crippen LogP contribution in [0.4, 0.5) is 5.69 Å². The van der Waals surface area contributed by atoms with Gasteiger partial charge in [-0.15, -0.1) is 0 Å². The second-order valence-corrected chi connectivity index (χ2v) is 7.50. The minimum atomic E-state index is -3.69. The largest absolute Gasteiger partial charge is 0.381 e. The molecule has 4 nitrogen and oxygen atoms in total. The molecule has 6 heteroatoms. The molecule has 0 radical (unpaired) electrons. The van der Waals surface area contributed by atoms with Crippen molar-refractivity contribution in [3.8, 4) is 0 Å². The molecule has 3 N–H and O–H groups in total. The number of primary sulfonamides is 1. The highest BCUT2D eigenvalue weighted by atomic mass is 35.5. The first-order valence-electron chi connectivity index (χ1n) is 6.54. The Kier molecular flexibility index (Phi) is 3.23. The first-order valence-corrected chi connectivity index (χ1v) is 8.46. The lowest BCUT2D eigenvalue weighted by atomic mass is 10.1. The summed E-state index contributed by atoms with van der Waals surface area (Å²) < 4.78 is 22.8. The van der Waals surface area contributed by atoms with Crippen LogP contribution >= 0.6 is 11.6 Å². The summed E-state index contributed by atoms with van der Waals surface area (Å²) in [5.41, 5.74) is 0.678. The topological polar surface area (TPSA) is 72.2 Å². The zero-order valence-electron chi connectivity index (χ0n) is 10.5. The number of hydrogen-bond donors (Lipinski definition) is 2. The van der Waals surface area contributed by atoms with Gasteiger partial charge in [0.1, 0.15) is 0 Å². The highest BCUT2D eigenvalue weighted by molar-refractivity contribution is 7.89. The summed E-state index contributed by atoms with van der Waals surface area (Å²) >= 11 is 6.14. The molecule has 1 aromatic carbocycles. The molecular weight excluding hydrogens is 284 g/mol. The second-order valence-electron chi connectivity index (χ2n) is 5.53. The van der Waals surface area contributed by atoms with Gasteiger partial charge < -0.3 is 5.32 Å². The van der Waals surface area contributed by atoms with Gasteiger partial charge in [0.15, 0.2) is 0 Å². The average Bonchev–Trinajstić information content (AvgIpc) is 3.19. The molecule has 0 unspecified atom stereocenters. The van der Waals surface area contributed by atoms with E-state index >= 15 is 0 Å². The Balaban J connectivity index is 1.86. The van der Waals surface area contributed by atoms with Crippen LogP contribution in [-0.4, -0.2) is 14.5 Å². The smallest absolute Gasteiger partial charge is 0.238 e. The van der Waals surface area contributed by atoms with E-state index in [2.05, 4.69) is 5.32 Å². The zero-order chi connectivity index (χ0) is 13.6. The minimum absolute atomic E-state index is 0.102. The zero-order valence-corrected chi connectivity index (χ0v) is 12.0. The van der Waals surface area contributed by atoms with Crippen molar-refractivity contribution in [2.24, 2.45) is 17.0 Å². The Labute approximate surface area is 118 Å². The quantitative estimate of drug-likeness (QED) is 0.878. The molecule has 1 aromatic rings. The van der Waals surface area contributed by atoms with Crippen LogP contribution in [0.15, 0.2) is 23.1 Å². The Morgan fingerprint density at radius 3 is 2.26 bits per heavy atom. The van der Waals surface area contributed by atoms with E-state index in [1.54, 1.807) is 6.07 Å². The molecule has 0 bridgehead atoms. The van der Waals surface area contributed by atoms with Crippen LogP contribution in [0, 0.1) is 11.8 Å². The van der Waals surface area contributed by atoms with Crippen LogP contribution in [0.5, 0.6) is 0 Å². The predicted octanol–water partition coefficient (Wildman–Crippen LogP) is 2.59. The van der Waals surface area contributed by atoms with Crippen LogP contribution in [0.2, 0.25) is 5.02 Å². The third-order valence-electron chi connectivity index (χ3n) is 3.85. The van der Waals surface area contributed by atoms with Crippen molar-refractivity contribution in [2.45, 2.75) is 36.6 Å². The number of halogens is 1. The van der Waals surface area contributed by atoms with Crippen LogP contribution in [0.1, 0.15) is 25.7 Å². The van der Waals surface area contributed by atoms with Crippen molar-refractivity contribution in [1.82, 2.24) is 0 Å². The van der Waals surface area contributed by atoms with Gasteiger partial charge in [0.25, 0.3) is 0 Å². The number of sulfonamides is 1. The maximum atomic E-state index is 11.4. The maximum Gasteiger partial charge on any atom is 0.238 e. The van der Waals surface area contributed by atoms with Gasteiger partial charge in [0.05, 0.1) is 15.6 Å². The second kappa shape index (κ2) is 4.65. The van der Waals surface area contributed by atoms with E-state index in [-0.39, 0.29) is 4.90 Å². The van der Waals surface area contributed by atoms with E-state index in [0.29, 0.717) is 28.6 Å². The minimum Gasteiger partial charge on any atom is -0.381 e. The predicted molar refractivity (Wildman–Crippen MR) is 75.7 cm³/mol. The van der Waals surface area contributed by atoms with Crippen LogP contribution in [0.25, 0.3) is 0 Å². The third kappa shape index (κ3) is 3.04. The van der Waals surface area contributed by atoms with Gasteiger partial charge in [-0.1, -0.05) is 11.6 Å². The molecular formula is C13H17ClN2O2S. The van der Waals surface area contributed by atoms with E-state index in [9.17, 15) is 8.42 Å². The van der Waals surface area contributed by atoms with E-state index in [1.165, 1.54) is 37.8 Å². The molecule has 2 aliphatic carbocycles. The number of nitrogens with one attached hydrogen (secondary N) is 1. The molecule has 0 spiro atoms. The van der Waals surface area contributed by atoms with Crippen molar-refractivity contribution in [3.63, 3.8) is 0 Å². The van der Waals surface area contributed by atoms with Gasteiger partial charge in [-0.3, -0.25) is 0 Å². The first kappa shape index (κ1) is 13.2. The summed E-state index contributed by atoms with van der Waals surface area (Å²) in [7, 11) is -3.69. The van der Waals surface area contributed by atoms with Crippen molar-refractivity contribution >= 4 is 27.3 Å². The lowest BCUT2D eigenvalue weighted by Gasteiger charge is -2.20. The van der Waals surface area contributed by atoms with Gasteiger partial charge in [0, 0.05) is 6.04 Å². The fraction of sp³-hybridized carbons (Fsp3) is 0.538. The van der Waals surface area contributed by atoms with Gasteiger partial charge in [-0.05, 0) is 55.7 Å². The molecule has 3 rings (SSSR count). The van der Waals surface area contributed by atoms with Gasteiger partial charge in [-0.2, -0.15) is 0 Å². The number of nitrogens with two attached hydrogens (primary N) is 1. The average molecular weight is 301 g/mol. The van der Waals surface area contributed by atoms with E-state index in [0.717, 1.165) is 0 Å². The molecule has 2 fully saturated rings. The number of rotatable bonds is 5. The Morgan fingerprint density at radius 1 is 1.21 bits per heavy atom. The van der Waals surface area contributed by atoms with Crippen LogP contribution < -0.4 is 10.5 Å². The van der Waals surface area contributed by atoms with E-state index in [1.807, 2.05) is 0 Å². The normalized spacial score (nSPS) is 19.7. The van der Waals surface area contributed by atoms with Gasteiger partial charge in [-0.25, -0.2) is 13.6 Å². The highest BCUT2D eigenvalue weighted by Crippen LogP contribution is 2.46. The number of anilines is 1. The first-order chi connectivity index (χ1) is 8.95. The summed E-state index contributed by atoms with van der Waals surface area (Å²) in [5.74, 6) is 1.42. The summed E-state index contributed by atoms with van der Waals surface area (Å²) in [6.07, 6.45) is 5.00. The summed E-state index contributed by atoms with van der Waals surface area (Å²) in [5, 5.41) is 9.12. The van der Waals surface area contributed by atoms with Crippen LogP contribution in [0.3, 0.4) is 0 Å². The fourth-order valence-electron chi connectivity index (χ4n) is 2.50. The summed E-state index contributed by atoms with van der Waals surface area (Å²) in [4.78, 5) is 0.102. The molecule has 0 saturated heterocycles. The van der Waals surface area contributed by atoms with E-state index < -0.39 is 10.0 Å². The fourth-order valence-corrected chi connectivity index (χ4v) is 3.21. The molecule has 104 valence electrons. The van der Waals surface area contributed by atoms with E-state index in [4.69, 9.17) is 16.7 Å². The molecule has 19 heavy (non-hydrogen) atoms. The SMILES string of the molecule is NS(=O)(=O)c1ccc(Cl)c(NC(C2CC2)C2CC2)c1. The van der Waals surface area contributed by atoms with Crippen LogP contribution in [-0.2, 0) is 10.0 Å². The summed E-state index contributed by atoms with van der Waals surface area (Å²) in [6.45, 7) is 0. The lowest BCUT2D eigenvalue weighted by molar-refractivity contribution is 0.567. The third-order valence-corrected chi connectivity index (χ3v) is 5.09. The molecule has 0 heterocycles. The van der Waals surface area contributed by atoms with Gasteiger partial charge in [0.2, 0.25) is 10.0 Å². The number of hydrogen-bond acceptors (Lipinski definition) is 3. The molecule has 0 amide bonds. The maximum absolute atomic E-state index is 11.4. The Morgan fingerprint density at radius 2 is 1.79 bits per heavy atom. The molecule has 0 aromatic heterocycles. The van der Waals surface area contributed by atoms with Crippen molar-refractivity contribution in [3.05, 3.63) is 23.2 Å². The summed E-state index contributed by atoms with van der Waals surface area (Å²) in [6, 6.07) is 4.98. The standard InChI is InChI=1S/C13H17ClN2O2S/c14-11-6-5-10(19(15,17)18)7-12(11)16-13(8-1-2-8)9-3-4-9/h5-9,13,16H,1-4H2,(H2,15,17,18). The molecule has 0 aliphatic heterocycles.